The molecule has 3 heterocycles. The van der Waals surface area contributed by atoms with Gasteiger partial charge in [-0.1, -0.05) is 43.8 Å². The molecule has 4 bridgehead atoms. The highest BCUT2D eigenvalue weighted by atomic mass is 16.6. The number of ketones is 1. The van der Waals surface area contributed by atoms with Gasteiger partial charge in [0.15, 0.2) is 11.5 Å². The largest absolute Gasteiger partial charge is 0.456 e. The maximum atomic E-state index is 14.2. The summed E-state index contributed by atoms with van der Waals surface area (Å²) in [4.78, 5) is 27.7. The highest BCUT2D eigenvalue weighted by molar-refractivity contribution is 6.05. The van der Waals surface area contributed by atoms with E-state index in [1.807, 2.05) is 44.2 Å². The van der Waals surface area contributed by atoms with Gasteiger partial charge in [0.1, 0.15) is 17.6 Å². The van der Waals surface area contributed by atoms with Crippen LogP contribution >= 0.6 is 0 Å². The van der Waals surface area contributed by atoms with Crippen LogP contribution in [0.25, 0.3) is 5.69 Å². The summed E-state index contributed by atoms with van der Waals surface area (Å²) in [7, 11) is 0. The molecule has 206 valence electrons. The number of hydrogen-bond donors (Lipinski definition) is 3. The van der Waals surface area contributed by atoms with E-state index >= 15 is 0 Å². The number of ether oxygens (including phenoxy) is 2. The Hall–Kier alpha value is -2.92. The number of carbonyl (C=O) groups is 2. The summed E-state index contributed by atoms with van der Waals surface area (Å²) in [5, 5.41) is 43.7. The zero-order chi connectivity index (χ0) is 27.5. The predicted molar refractivity (Wildman–Crippen MR) is 135 cm³/mol. The van der Waals surface area contributed by atoms with Crippen LogP contribution in [0.4, 0.5) is 0 Å². The number of fused-ring (bicyclic) bond motifs is 2. The average Bonchev–Trinajstić information content (AvgIpc) is 3.46. The van der Waals surface area contributed by atoms with Gasteiger partial charge in [0, 0.05) is 17.3 Å². The zero-order valence-electron chi connectivity index (χ0n) is 22.0. The SMILES string of the molecule is C=C1C(=O)[C@]23[C@H](OC(=O)c4cn(-c5ccccc5)nn4)[C@H]1CC[C@H]2[C@@]12CO[C@]3(O)[C@@H](O)[C@@H]1C(C)(C)CC[C@@H]2O. The lowest BCUT2D eigenvalue weighted by atomic mass is 9.35. The van der Waals surface area contributed by atoms with Gasteiger partial charge < -0.3 is 24.8 Å². The van der Waals surface area contributed by atoms with Gasteiger partial charge >= 0.3 is 5.97 Å². The monoisotopic (exact) mass is 535 g/mol. The minimum absolute atomic E-state index is 0.0126. The highest BCUT2D eigenvalue weighted by Gasteiger charge is 2.87. The van der Waals surface area contributed by atoms with Crippen molar-refractivity contribution in [1.29, 1.82) is 0 Å². The number of hydrogen-bond acceptors (Lipinski definition) is 9. The van der Waals surface area contributed by atoms with Gasteiger partial charge in [-0.05, 0) is 54.7 Å². The molecule has 8 rings (SSSR count). The van der Waals surface area contributed by atoms with E-state index in [1.165, 1.54) is 10.9 Å². The standard InChI is InChI=1S/C29H33N3O7/c1-15-17-9-10-19-27-14-38-29(37,23(35)21(27)26(2,3)12-11-20(27)33)28(19,22(15)34)24(17)39-25(36)18-13-32(31-30-18)16-7-5-4-6-8-16/h4-8,13,17,19-21,23-24,33,35,37H,1,9-12,14H2,2-3H3/t17-,19-,20-,21+,23-,24+,27+,28-,29+/m0/s1. The second kappa shape index (κ2) is 7.84. The molecule has 39 heavy (non-hydrogen) atoms. The first-order chi connectivity index (χ1) is 18.5. The lowest BCUT2D eigenvalue weighted by Gasteiger charge is -2.74. The van der Waals surface area contributed by atoms with Gasteiger partial charge in [0.05, 0.1) is 24.6 Å². The van der Waals surface area contributed by atoms with Crippen LogP contribution in [-0.2, 0) is 14.3 Å². The van der Waals surface area contributed by atoms with Gasteiger partial charge in [-0.25, -0.2) is 9.48 Å². The lowest BCUT2D eigenvalue weighted by Crippen LogP contribution is -2.85. The highest BCUT2D eigenvalue weighted by Crippen LogP contribution is 2.76. The Kier molecular flexibility index (Phi) is 5.04. The topological polar surface area (TPSA) is 144 Å². The van der Waals surface area contributed by atoms with E-state index < -0.39 is 69.9 Å². The molecule has 2 spiro atoms. The maximum Gasteiger partial charge on any atom is 0.360 e. The van der Waals surface area contributed by atoms with Crippen LogP contribution in [-0.4, -0.2) is 72.8 Å². The van der Waals surface area contributed by atoms with Crippen molar-refractivity contribution in [2.45, 2.75) is 63.6 Å². The lowest BCUT2D eigenvalue weighted by molar-refractivity contribution is -0.457. The molecule has 3 N–H and O–H groups in total. The molecule has 0 radical (unpaired) electrons. The average molecular weight is 536 g/mol. The van der Waals surface area contributed by atoms with Crippen LogP contribution in [0.5, 0.6) is 0 Å². The Balaban J connectivity index is 1.33. The van der Waals surface area contributed by atoms with E-state index in [2.05, 4.69) is 16.9 Å². The number of nitrogens with zero attached hydrogens (tertiary/aromatic N) is 3. The number of para-hydroxylation sites is 1. The van der Waals surface area contributed by atoms with Crippen molar-refractivity contribution in [2.24, 2.45) is 34.0 Å². The maximum absolute atomic E-state index is 14.2. The van der Waals surface area contributed by atoms with E-state index in [0.717, 1.165) is 0 Å². The number of aliphatic hydroxyl groups excluding tert-OH is 2. The molecular formula is C29H33N3O7. The normalized spacial score (nSPS) is 43.6. The third-order valence-corrected chi connectivity index (χ3v) is 10.8. The van der Waals surface area contributed by atoms with E-state index in [9.17, 15) is 24.9 Å². The molecule has 2 aromatic rings. The number of carbonyl (C=O) groups excluding carboxylic acids is 2. The number of Topliss-reactive ketones (excluding diaryl/α,β-unsaturated/α-hetero) is 1. The third-order valence-electron chi connectivity index (χ3n) is 10.8. The Bertz CT molecular complexity index is 1390. The molecule has 1 aromatic carbocycles. The van der Waals surface area contributed by atoms with Gasteiger partial charge in [0.2, 0.25) is 5.79 Å². The molecule has 2 saturated heterocycles. The molecule has 1 aromatic heterocycles. The van der Waals surface area contributed by atoms with E-state index in [4.69, 9.17) is 9.47 Å². The molecule has 0 amide bonds. The minimum Gasteiger partial charge on any atom is -0.456 e. The van der Waals surface area contributed by atoms with E-state index in [-0.39, 0.29) is 17.9 Å². The van der Waals surface area contributed by atoms with Gasteiger partial charge in [0.25, 0.3) is 0 Å². The third kappa shape index (κ3) is 2.80. The number of benzene rings is 1. The number of esters is 1. The van der Waals surface area contributed by atoms with Crippen LogP contribution in [0, 0.1) is 34.0 Å². The van der Waals surface area contributed by atoms with Crippen molar-refractivity contribution in [3.8, 4) is 5.69 Å². The van der Waals surface area contributed by atoms with Crippen molar-refractivity contribution in [1.82, 2.24) is 15.0 Å². The van der Waals surface area contributed by atoms with Crippen LogP contribution in [0.2, 0.25) is 0 Å². The first-order valence-electron chi connectivity index (χ1n) is 13.6. The fraction of sp³-hybridized carbons (Fsp3) is 0.586. The number of rotatable bonds is 3. The Morgan fingerprint density at radius 1 is 1.18 bits per heavy atom. The van der Waals surface area contributed by atoms with E-state index in [1.54, 1.807) is 0 Å². The predicted octanol–water partition coefficient (Wildman–Crippen LogP) is 1.82. The van der Waals surface area contributed by atoms with Crippen LogP contribution < -0.4 is 0 Å². The zero-order valence-corrected chi connectivity index (χ0v) is 22.0. The van der Waals surface area contributed by atoms with Gasteiger partial charge in [-0.3, -0.25) is 4.79 Å². The second-order valence-electron chi connectivity index (χ2n) is 12.7. The van der Waals surface area contributed by atoms with Crippen LogP contribution in [0.3, 0.4) is 0 Å². The fourth-order valence-corrected chi connectivity index (χ4v) is 9.28. The summed E-state index contributed by atoms with van der Waals surface area (Å²) in [6.07, 6.45) is 0.139. The molecule has 4 aliphatic carbocycles. The smallest absolute Gasteiger partial charge is 0.360 e. The molecular weight excluding hydrogens is 502 g/mol. The summed E-state index contributed by atoms with van der Waals surface area (Å²) in [5.74, 6) is -5.20. The molecule has 10 heteroatoms. The summed E-state index contributed by atoms with van der Waals surface area (Å²) in [6, 6.07) is 9.17. The molecule has 9 atom stereocenters. The molecule has 6 fully saturated rings. The first kappa shape index (κ1) is 25.1. The molecule has 10 nitrogen and oxygen atoms in total. The van der Waals surface area contributed by atoms with Crippen molar-refractivity contribution in [2.75, 3.05) is 6.61 Å². The molecule has 2 aliphatic heterocycles. The van der Waals surface area contributed by atoms with Crippen molar-refractivity contribution >= 4 is 11.8 Å². The van der Waals surface area contributed by atoms with Crippen LogP contribution in [0.1, 0.15) is 50.0 Å². The molecule has 4 saturated carbocycles. The fourth-order valence-electron chi connectivity index (χ4n) is 9.28. The summed E-state index contributed by atoms with van der Waals surface area (Å²) in [6.45, 7) is 8.11. The quantitative estimate of drug-likeness (QED) is 0.396. The van der Waals surface area contributed by atoms with E-state index in [0.29, 0.717) is 31.4 Å². The minimum atomic E-state index is -2.31. The van der Waals surface area contributed by atoms with Gasteiger partial charge in [-0.15, -0.1) is 5.10 Å². The van der Waals surface area contributed by atoms with Crippen LogP contribution in [0.15, 0.2) is 48.7 Å². The Morgan fingerprint density at radius 3 is 2.67 bits per heavy atom. The summed E-state index contributed by atoms with van der Waals surface area (Å²) in [5.41, 5.74) is -2.30. The molecule has 6 aliphatic rings. The molecule has 0 unspecified atom stereocenters. The Morgan fingerprint density at radius 2 is 1.92 bits per heavy atom. The second-order valence-corrected chi connectivity index (χ2v) is 12.7. The summed E-state index contributed by atoms with van der Waals surface area (Å²) >= 11 is 0. The van der Waals surface area contributed by atoms with Crippen molar-refractivity contribution in [3.05, 3.63) is 54.4 Å². The number of aromatic nitrogens is 3. The summed E-state index contributed by atoms with van der Waals surface area (Å²) < 4.78 is 13.6. The Labute approximate surface area is 225 Å². The number of aliphatic hydroxyl groups is 3. The van der Waals surface area contributed by atoms with Crippen molar-refractivity contribution < 1.29 is 34.4 Å². The van der Waals surface area contributed by atoms with Gasteiger partial charge in [-0.2, -0.15) is 0 Å². The van der Waals surface area contributed by atoms with Crippen molar-refractivity contribution in [3.63, 3.8) is 0 Å². The first-order valence-corrected chi connectivity index (χ1v) is 13.6.